The highest BCUT2D eigenvalue weighted by molar-refractivity contribution is 6.06. The van der Waals surface area contributed by atoms with E-state index in [9.17, 15) is 9.59 Å². The van der Waals surface area contributed by atoms with Gasteiger partial charge in [0, 0.05) is 11.4 Å². The van der Waals surface area contributed by atoms with Crippen LogP contribution in [0, 0.1) is 11.3 Å². The van der Waals surface area contributed by atoms with Gasteiger partial charge in [-0.05, 0) is 53.9 Å². The van der Waals surface area contributed by atoms with E-state index in [1.807, 2.05) is 30.3 Å². The molecule has 6 nitrogen and oxygen atoms in total. The van der Waals surface area contributed by atoms with Crippen molar-refractivity contribution in [2.24, 2.45) is 0 Å². The van der Waals surface area contributed by atoms with Crippen LogP contribution in [0.5, 0.6) is 0 Å². The quantitative estimate of drug-likeness (QED) is 0.673. The topological polar surface area (TPSA) is 94.9 Å². The molecule has 2 N–H and O–H groups in total. The van der Waals surface area contributed by atoms with Crippen molar-refractivity contribution >= 4 is 23.2 Å². The number of para-hydroxylation sites is 1. The van der Waals surface area contributed by atoms with Gasteiger partial charge >= 0.3 is 0 Å². The predicted molar refractivity (Wildman–Crippen MR) is 112 cm³/mol. The minimum Gasteiger partial charge on any atom is -0.321 e. The molecular weight excluding hydrogens is 364 g/mol. The zero-order chi connectivity index (χ0) is 20.8. The van der Waals surface area contributed by atoms with Crippen LogP contribution in [0.25, 0.3) is 0 Å². The lowest BCUT2D eigenvalue weighted by atomic mass is 10.0. The number of pyridine rings is 1. The number of nitriles is 1. The number of carbonyl (C=O) groups excluding carboxylic acids is 2. The number of aromatic nitrogens is 1. The number of benzene rings is 2. The highest BCUT2D eigenvalue weighted by atomic mass is 16.2. The maximum Gasteiger partial charge on any atom is 0.274 e. The van der Waals surface area contributed by atoms with Crippen molar-refractivity contribution in [1.29, 1.82) is 5.26 Å². The summed E-state index contributed by atoms with van der Waals surface area (Å²) in [6, 6.07) is 20.8. The first kappa shape index (κ1) is 19.8. The molecule has 0 bridgehead atoms. The average molecular weight is 384 g/mol. The molecule has 2 aromatic carbocycles. The zero-order valence-corrected chi connectivity index (χ0v) is 16.1. The molecular formula is C23H20N4O2. The molecule has 0 aliphatic carbocycles. The molecule has 1 heterocycles. The summed E-state index contributed by atoms with van der Waals surface area (Å²) in [5.74, 6) is -0.568. The molecule has 6 heteroatoms. The molecule has 0 saturated heterocycles. The molecule has 3 rings (SSSR count). The lowest BCUT2D eigenvalue weighted by Gasteiger charge is -2.13. The SMILES string of the molecule is CC(C)c1ccccc1NC(=O)c1cccc(C(=O)Nc2ccc(C#N)cc2)n1. The third-order valence-corrected chi connectivity index (χ3v) is 4.32. The molecule has 3 aromatic rings. The van der Waals surface area contributed by atoms with E-state index in [4.69, 9.17) is 5.26 Å². The first-order valence-corrected chi connectivity index (χ1v) is 9.17. The van der Waals surface area contributed by atoms with Gasteiger partial charge in [0.15, 0.2) is 0 Å². The Hall–Kier alpha value is -3.98. The van der Waals surface area contributed by atoms with Crippen LogP contribution in [0.1, 0.15) is 51.9 Å². The molecule has 0 aliphatic heterocycles. The van der Waals surface area contributed by atoms with Gasteiger partial charge in [0.1, 0.15) is 11.4 Å². The molecule has 0 spiro atoms. The van der Waals surface area contributed by atoms with Crippen LogP contribution in [-0.4, -0.2) is 16.8 Å². The van der Waals surface area contributed by atoms with Crippen LogP contribution >= 0.6 is 0 Å². The van der Waals surface area contributed by atoms with Crippen LogP contribution in [0.2, 0.25) is 0 Å². The van der Waals surface area contributed by atoms with Gasteiger partial charge in [0.05, 0.1) is 11.6 Å². The molecule has 0 radical (unpaired) electrons. The Kier molecular flexibility index (Phi) is 6.00. The predicted octanol–water partition coefficient (Wildman–Crippen LogP) is 4.58. The summed E-state index contributed by atoms with van der Waals surface area (Å²) < 4.78 is 0. The number of hydrogen-bond acceptors (Lipinski definition) is 4. The Balaban J connectivity index is 1.75. The van der Waals surface area contributed by atoms with E-state index in [1.54, 1.807) is 36.4 Å². The highest BCUT2D eigenvalue weighted by Crippen LogP contribution is 2.24. The third-order valence-electron chi connectivity index (χ3n) is 4.32. The maximum atomic E-state index is 12.7. The highest BCUT2D eigenvalue weighted by Gasteiger charge is 2.15. The van der Waals surface area contributed by atoms with Crippen molar-refractivity contribution in [3.8, 4) is 6.07 Å². The second-order valence-corrected chi connectivity index (χ2v) is 6.75. The van der Waals surface area contributed by atoms with Crippen molar-refractivity contribution in [2.45, 2.75) is 19.8 Å². The number of rotatable bonds is 5. The molecule has 29 heavy (non-hydrogen) atoms. The second-order valence-electron chi connectivity index (χ2n) is 6.75. The number of anilines is 2. The van der Waals surface area contributed by atoms with Crippen molar-refractivity contribution in [3.63, 3.8) is 0 Å². The maximum absolute atomic E-state index is 12.7. The van der Waals surface area contributed by atoms with Crippen LogP contribution in [0.3, 0.4) is 0 Å². The summed E-state index contributed by atoms with van der Waals surface area (Å²) in [6.07, 6.45) is 0. The molecule has 0 aliphatic rings. The number of nitrogens with one attached hydrogen (secondary N) is 2. The van der Waals surface area contributed by atoms with E-state index >= 15 is 0 Å². The fourth-order valence-electron chi connectivity index (χ4n) is 2.81. The molecule has 144 valence electrons. The summed E-state index contributed by atoms with van der Waals surface area (Å²) >= 11 is 0. The first-order valence-electron chi connectivity index (χ1n) is 9.17. The summed E-state index contributed by atoms with van der Waals surface area (Å²) in [6.45, 7) is 4.11. The summed E-state index contributed by atoms with van der Waals surface area (Å²) in [5.41, 5.74) is 3.06. The minimum absolute atomic E-state index is 0.124. The van der Waals surface area contributed by atoms with Gasteiger partial charge in [0.2, 0.25) is 0 Å². The van der Waals surface area contributed by atoms with E-state index in [1.165, 1.54) is 6.07 Å². The van der Waals surface area contributed by atoms with Crippen molar-refractivity contribution in [3.05, 3.63) is 89.2 Å². The fraction of sp³-hybridized carbons (Fsp3) is 0.130. The lowest BCUT2D eigenvalue weighted by molar-refractivity contribution is 0.101. The van der Waals surface area contributed by atoms with Gasteiger partial charge in [-0.3, -0.25) is 9.59 Å². The molecule has 0 atom stereocenters. The van der Waals surface area contributed by atoms with Gasteiger partial charge in [-0.1, -0.05) is 38.1 Å². The second kappa shape index (κ2) is 8.81. The summed E-state index contributed by atoms with van der Waals surface area (Å²) in [5, 5.41) is 14.4. The summed E-state index contributed by atoms with van der Waals surface area (Å²) in [7, 11) is 0. The Morgan fingerprint density at radius 1 is 0.862 bits per heavy atom. The van der Waals surface area contributed by atoms with Gasteiger partial charge in [0.25, 0.3) is 11.8 Å². The van der Waals surface area contributed by atoms with E-state index in [2.05, 4.69) is 29.5 Å². The van der Waals surface area contributed by atoms with E-state index in [-0.39, 0.29) is 23.2 Å². The van der Waals surface area contributed by atoms with Crippen molar-refractivity contribution < 1.29 is 9.59 Å². The lowest BCUT2D eigenvalue weighted by Crippen LogP contribution is -2.19. The Labute approximate surface area is 169 Å². The number of carbonyl (C=O) groups is 2. The molecule has 2 amide bonds. The first-order chi connectivity index (χ1) is 14.0. The smallest absolute Gasteiger partial charge is 0.274 e. The van der Waals surface area contributed by atoms with Crippen molar-refractivity contribution in [2.75, 3.05) is 10.6 Å². The van der Waals surface area contributed by atoms with Gasteiger partial charge < -0.3 is 10.6 Å². The fourth-order valence-corrected chi connectivity index (χ4v) is 2.81. The Morgan fingerprint density at radius 3 is 2.10 bits per heavy atom. The van der Waals surface area contributed by atoms with E-state index in [0.717, 1.165) is 11.3 Å². The Morgan fingerprint density at radius 2 is 1.48 bits per heavy atom. The minimum atomic E-state index is -0.438. The Bertz CT molecular complexity index is 1080. The third kappa shape index (κ3) is 4.85. The average Bonchev–Trinajstić information content (AvgIpc) is 2.74. The van der Waals surface area contributed by atoms with Gasteiger partial charge in [-0.2, -0.15) is 5.26 Å². The molecule has 1 aromatic heterocycles. The van der Waals surface area contributed by atoms with Crippen LogP contribution in [-0.2, 0) is 0 Å². The number of nitrogens with zero attached hydrogens (tertiary/aromatic N) is 2. The normalized spacial score (nSPS) is 10.3. The van der Waals surface area contributed by atoms with Gasteiger partial charge in [-0.25, -0.2) is 4.98 Å². The molecule has 0 saturated carbocycles. The monoisotopic (exact) mass is 384 g/mol. The van der Waals surface area contributed by atoms with Crippen LogP contribution < -0.4 is 10.6 Å². The largest absolute Gasteiger partial charge is 0.321 e. The van der Waals surface area contributed by atoms with E-state index in [0.29, 0.717) is 11.3 Å². The van der Waals surface area contributed by atoms with Crippen LogP contribution in [0.15, 0.2) is 66.7 Å². The molecule has 0 fully saturated rings. The zero-order valence-electron chi connectivity index (χ0n) is 16.1. The standard InChI is InChI=1S/C23H20N4O2/c1-15(2)18-6-3-4-7-19(18)27-23(29)21-9-5-8-20(26-21)22(28)25-17-12-10-16(14-24)11-13-17/h3-13,15H,1-2H3,(H,25,28)(H,27,29). The number of amides is 2. The van der Waals surface area contributed by atoms with Gasteiger partial charge in [-0.15, -0.1) is 0 Å². The van der Waals surface area contributed by atoms with Crippen molar-refractivity contribution in [1.82, 2.24) is 4.98 Å². The van der Waals surface area contributed by atoms with E-state index < -0.39 is 5.91 Å². The number of hydrogen-bond donors (Lipinski definition) is 2. The summed E-state index contributed by atoms with van der Waals surface area (Å²) in [4.78, 5) is 29.3. The molecule has 0 unspecified atom stereocenters. The van der Waals surface area contributed by atoms with Crippen LogP contribution in [0.4, 0.5) is 11.4 Å².